The normalized spacial score (nSPS) is 11.8. The Bertz CT molecular complexity index is 200. The molecule has 0 aliphatic heterocycles. The Balaban J connectivity index is 3.87. The Labute approximate surface area is 71.3 Å². The maximum atomic E-state index is 10.8. The minimum atomic E-state index is -2.64. The molecule has 0 heterocycles. The van der Waals surface area contributed by atoms with Gasteiger partial charge < -0.3 is 13.8 Å². The fourth-order valence-electron chi connectivity index (χ4n) is 0.396. The van der Waals surface area contributed by atoms with E-state index in [0.717, 1.165) is 0 Å². The van der Waals surface area contributed by atoms with Gasteiger partial charge in [0.25, 0.3) is 0 Å². The highest BCUT2D eigenvalue weighted by Crippen LogP contribution is 2.25. The van der Waals surface area contributed by atoms with Gasteiger partial charge in [0.05, 0.1) is 6.61 Å². The van der Waals surface area contributed by atoms with Crippen LogP contribution in [0.1, 0.15) is 6.92 Å². The van der Waals surface area contributed by atoms with Crippen LogP contribution in [0.15, 0.2) is 12.3 Å². The molecule has 0 saturated carbocycles. The van der Waals surface area contributed by atoms with Gasteiger partial charge in [-0.05, 0) is 13.5 Å². The first kappa shape index (κ1) is 11.2. The summed E-state index contributed by atoms with van der Waals surface area (Å²) < 4.78 is 23.9. The number of hydrogen-bond donors (Lipinski definition) is 0. The van der Waals surface area contributed by atoms with Crippen molar-refractivity contribution in [1.29, 1.82) is 0 Å². The summed E-state index contributed by atoms with van der Waals surface area (Å²) in [6.07, 6.45) is 0. The van der Waals surface area contributed by atoms with E-state index in [1.807, 2.05) is 0 Å². The maximum absolute atomic E-state index is 10.8. The lowest BCUT2D eigenvalue weighted by Crippen LogP contribution is -2.07. The van der Waals surface area contributed by atoms with Crippen molar-refractivity contribution in [2.45, 2.75) is 6.92 Å². The molecular weight excluding hydrogens is 183 g/mol. The largest absolute Gasteiger partial charge is 0.460 e. The standard InChI is InChI=1S/C6H11O5P/c1-4-10-6(7)5(2)11-12(8)9-3/h12H,2,4H2,1,3H3. The van der Waals surface area contributed by atoms with Crippen LogP contribution < -0.4 is 0 Å². The third-order valence-electron chi connectivity index (χ3n) is 0.876. The van der Waals surface area contributed by atoms with Gasteiger partial charge in [0.1, 0.15) is 0 Å². The molecule has 1 unspecified atom stereocenters. The van der Waals surface area contributed by atoms with E-state index in [9.17, 15) is 9.36 Å². The van der Waals surface area contributed by atoms with Gasteiger partial charge in [-0.25, -0.2) is 9.36 Å². The lowest BCUT2D eigenvalue weighted by Gasteiger charge is -2.05. The van der Waals surface area contributed by atoms with Crippen molar-refractivity contribution in [2.75, 3.05) is 13.7 Å². The molecule has 0 saturated heterocycles. The van der Waals surface area contributed by atoms with E-state index >= 15 is 0 Å². The van der Waals surface area contributed by atoms with E-state index in [0.29, 0.717) is 0 Å². The van der Waals surface area contributed by atoms with Gasteiger partial charge in [-0.1, -0.05) is 0 Å². The van der Waals surface area contributed by atoms with E-state index in [1.54, 1.807) is 6.92 Å². The van der Waals surface area contributed by atoms with E-state index in [4.69, 9.17) is 0 Å². The smallest absolute Gasteiger partial charge is 0.373 e. The lowest BCUT2D eigenvalue weighted by molar-refractivity contribution is -0.141. The molecule has 0 radical (unpaired) electrons. The molecule has 0 spiro atoms. The second-order valence-electron chi connectivity index (χ2n) is 1.70. The topological polar surface area (TPSA) is 61.8 Å². The Morgan fingerprint density at radius 3 is 2.58 bits per heavy atom. The Hall–Kier alpha value is -0.800. The quantitative estimate of drug-likeness (QED) is 0.284. The van der Waals surface area contributed by atoms with Crippen molar-refractivity contribution < 1.29 is 23.1 Å². The van der Waals surface area contributed by atoms with Gasteiger partial charge in [0, 0.05) is 7.11 Å². The molecule has 0 N–H and O–H groups in total. The first-order chi connectivity index (χ1) is 5.61. The molecule has 0 amide bonds. The molecular formula is C6H11O5P. The SMILES string of the molecule is C=C(O[PH](=O)OC)C(=O)OCC. The lowest BCUT2D eigenvalue weighted by atomic mass is 10.6. The second-order valence-corrected chi connectivity index (χ2v) is 2.81. The monoisotopic (exact) mass is 194 g/mol. The van der Waals surface area contributed by atoms with Crippen LogP contribution in [-0.4, -0.2) is 19.7 Å². The Morgan fingerprint density at radius 1 is 1.58 bits per heavy atom. The summed E-state index contributed by atoms with van der Waals surface area (Å²) in [6, 6.07) is 0. The van der Waals surface area contributed by atoms with Crippen molar-refractivity contribution >= 4 is 14.2 Å². The highest BCUT2D eigenvalue weighted by Gasteiger charge is 2.11. The molecule has 0 bridgehead atoms. The van der Waals surface area contributed by atoms with Gasteiger partial charge in [-0.15, -0.1) is 0 Å². The second kappa shape index (κ2) is 5.80. The summed E-state index contributed by atoms with van der Waals surface area (Å²) in [6.45, 7) is 5.07. The maximum Gasteiger partial charge on any atom is 0.373 e. The van der Waals surface area contributed by atoms with Crippen LogP contribution in [0.25, 0.3) is 0 Å². The molecule has 6 heteroatoms. The number of ether oxygens (including phenoxy) is 1. The highest BCUT2D eigenvalue weighted by molar-refractivity contribution is 7.33. The molecule has 70 valence electrons. The summed E-state index contributed by atoms with van der Waals surface area (Å²) in [5.41, 5.74) is 0. The predicted molar refractivity (Wildman–Crippen MR) is 42.9 cm³/mol. The van der Waals surface area contributed by atoms with Crippen LogP contribution in [0.5, 0.6) is 0 Å². The Morgan fingerprint density at radius 2 is 2.17 bits per heavy atom. The van der Waals surface area contributed by atoms with Crippen LogP contribution >= 0.6 is 8.25 Å². The first-order valence-corrected chi connectivity index (χ1v) is 4.46. The minimum absolute atomic E-state index is 0.217. The van der Waals surface area contributed by atoms with Crippen LogP contribution in [0.2, 0.25) is 0 Å². The third kappa shape index (κ3) is 4.16. The average molecular weight is 194 g/mol. The molecule has 5 nitrogen and oxygen atoms in total. The van der Waals surface area contributed by atoms with Crippen LogP contribution in [0.4, 0.5) is 0 Å². The minimum Gasteiger partial charge on any atom is -0.460 e. The van der Waals surface area contributed by atoms with Gasteiger partial charge in [0.2, 0.25) is 5.76 Å². The molecule has 0 aromatic rings. The summed E-state index contributed by atoms with van der Waals surface area (Å²) in [4.78, 5) is 10.8. The van der Waals surface area contributed by atoms with Crippen molar-refractivity contribution in [3.05, 3.63) is 12.3 Å². The summed E-state index contributed by atoms with van der Waals surface area (Å²) in [7, 11) is -1.43. The number of rotatable bonds is 5. The Kier molecular flexibility index (Phi) is 5.41. The molecule has 1 atom stereocenters. The number of hydrogen-bond acceptors (Lipinski definition) is 5. The van der Waals surface area contributed by atoms with Crippen LogP contribution in [0, 0.1) is 0 Å². The average Bonchev–Trinajstić information content (AvgIpc) is 2.04. The third-order valence-corrected chi connectivity index (χ3v) is 1.62. The van der Waals surface area contributed by atoms with E-state index in [-0.39, 0.29) is 12.4 Å². The van der Waals surface area contributed by atoms with Crippen molar-refractivity contribution in [2.24, 2.45) is 0 Å². The van der Waals surface area contributed by atoms with Gasteiger partial charge >= 0.3 is 14.2 Å². The zero-order chi connectivity index (χ0) is 9.56. The molecule has 0 aliphatic rings. The number of carbonyl (C=O) groups excluding carboxylic acids is 1. The molecule has 0 aliphatic carbocycles. The zero-order valence-corrected chi connectivity index (χ0v) is 7.96. The zero-order valence-electron chi connectivity index (χ0n) is 6.96. The predicted octanol–water partition coefficient (Wildman–Crippen LogP) is 1.12. The first-order valence-electron chi connectivity index (χ1n) is 3.23. The summed E-state index contributed by atoms with van der Waals surface area (Å²) in [5.74, 6) is -1.03. The molecule has 0 aromatic carbocycles. The van der Waals surface area contributed by atoms with Crippen molar-refractivity contribution in [3.8, 4) is 0 Å². The van der Waals surface area contributed by atoms with Gasteiger partial charge in [-0.2, -0.15) is 0 Å². The van der Waals surface area contributed by atoms with Crippen molar-refractivity contribution in [1.82, 2.24) is 0 Å². The summed E-state index contributed by atoms with van der Waals surface area (Å²) >= 11 is 0. The molecule has 12 heavy (non-hydrogen) atoms. The summed E-state index contributed by atoms with van der Waals surface area (Å²) in [5, 5.41) is 0. The number of carbonyl (C=O) groups is 1. The highest BCUT2D eigenvalue weighted by atomic mass is 31.1. The fraction of sp³-hybridized carbons (Fsp3) is 0.500. The van der Waals surface area contributed by atoms with Gasteiger partial charge in [0.15, 0.2) is 0 Å². The number of esters is 1. The van der Waals surface area contributed by atoms with Crippen LogP contribution in [0.3, 0.4) is 0 Å². The molecule has 0 fully saturated rings. The van der Waals surface area contributed by atoms with E-state index in [1.165, 1.54) is 7.11 Å². The molecule has 0 aromatic heterocycles. The van der Waals surface area contributed by atoms with Crippen LogP contribution in [-0.2, 0) is 23.1 Å². The van der Waals surface area contributed by atoms with Crippen molar-refractivity contribution in [3.63, 3.8) is 0 Å². The van der Waals surface area contributed by atoms with Gasteiger partial charge in [-0.3, -0.25) is 0 Å². The fourth-order valence-corrected chi connectivity index (χ4v) is 0.763. The van der Waals surface area contributed by atoms with E-state index in [2.05, 4.69) is 20.4 Å². The van der Waals surface area contributed by atoms with E-state index < -0.39 is 14.2 Å². The molecule has 0 rings (SSSR count).